The highest BCUT2D eigenvalue weighted by atomic mass is 19.1. The van der Waals surface area contributed by atoms with Crippen molar-refractivity contribution in [1.82, 2.24) is 0 Å². The van der Waals surface area contributed by atoms with Gasteiger partial charge in [-0.25, -0.2) is 4.39 Å². The number of carbonyl (C=O) groups excluding carboxylic acids is 1. The van der Waals surface area contributed by atoms with Crippen LogP contribution >= 0.6 is 0 Å². The van der Waals surface area contributed by atoms with E-state index in [0.29, 0.717) is 30.1 Å². The molecule has 0 aliphatic heterocycles. The number of rotatable bonds is 6. The second kappa shape index (κ2) is 7.11. The van der Waals surface area contributed by atoms with Crippen LogP contribution in [0.25, 0.3) is 0 Å². The van der Waals surface area contributed by atoms with Crippen LogP contribution in [-0.4, -0.2) is 12.5 Å². The third kappa shape index (κ3) is 4.45. The van der Waals surface area contributed by atoms with E-state index in [4.69, 9.17) is 5.73 Å². The third-order valence-corrected chi connectivity index (χ3v) is 3.07. The van der Waals surface area contributed by atoms with Gasteiger partial charge in [0.1, 0.15) is 5.82 Å². The molecular weight excluding hydrogens is 231 g/mol. The molecular formula is C14H21FN2O. The van der Waals surface area contributed by atoms with E-state index in [9.17, 15) is 9.18 Å². The molecule has 1 aromatic rings. The van der Waals surface area contributed by atoms with Crippen molar-refractivity contribution in [3.63, 3.8) is 0 Å². The van der Waals surface area contributed by atoms with E-state index in [0.717, 1.165) is 12.8 Å². The molecule has 4 heteroatoms. The molecule has 1 rings (SSSR count). The zero-order chi connectivity index (χ0) is 13.5. The van der Waals surface area contributed by atoms with Gasteiger partial charge in [-0.05, 0) is 44.4 Å². The van der Waals surface area contributed by atoms with Crippen LogP contribution < -0.4 is 11.1 Å². The zero-order valence-electron chi connectivity index (χ0n) is 11.0. The minimum atomic E-state index is -0.302. The van der Waals surface area contributed by atoms with Crippen molar-refractivity contribution in [3.05, 3.63) is 29.6 Å². The molecule has 0 spiro atoms. The Hall–Kier alpha value is -1.42. The number of halogens is 1. The van der Waals surface area contributed by atoms with E-state index in [2.05, 4.69) is 12.2 Å². The van der Waals surface area contributed by atoms with E-state index in [1.165, 1.54) is 6.07 Å². The summed E-state index contributed by atoms with van der Waals surface area (Å²) in [6.45, 7) is 4.38. The Morgan fingerprint density at radius 3 is 2.83 bits per heavy atom. The number of benzene rings is 1. The highest BCUT2D eigenvalue weighted by molar-refractivity contribution is 5.91. The van der Waals surface area contributed by atoms with Crippen LogP contribution in [0.5, 0.6) is 0 Å². The fraction of sp³-hybridized carbons (Fsp3) is 0.500. The van der Waals surface area contributed by atoms with Crippen LogP contribution in [0.3, 0.4) is 0 Å². The second-order valence-corrected chi connectivity index (χ2v) is 4.68. The molecule has 0 aliphatic rings. The first-order valence-corrected chi connectivity index (χ1v) is 6.29. The molecule has 1 aromatic carbocycles. The number of hydrogen-bond donors (Lipinski definition) is 2. The third-order valence-electron chi connectivity index (χ3n) is 3.07. The lowest BCUT2D eigenvalue weighted by molar-refractivity contribution is -0.116. The van der Waals surface area contributed by atoms with E-state index < -0.39 is 0 Å². The summed E-state index contributed by atoms with van der Waals surface area (Å²) in [5.41, 5.74) is 6.47. The molecule has 1 amide bonds. The molecule has 0 saturated heterocycles. The lowest BCUT2D eigenvalue weighted by Crippen LogP contribution is -2.15. The molecule has 100 valence electrons. The average Bonchev–Trinajstić information content (AvgIpc) is 2.33. The van der Waals surface area contributed by atoms with Gasteiger partial charge in [0.05, 0.1) is 0 Å². The van der Waals surface area contributed by atoms with Gasteiger partial charge in [0.25, 0.3) is 0 Å². The topological polar surface area (TPSA) is 55.1 Å². The number of nitrogens with one attached hydrogen (secondary N) is 1. The first-order valence-electron chi connectivity index (χ1n) is 6.29. The summed E-state index contributed by atoms with van der Waals surface area (Å²) in [7, 11) is 0. The van der Waals surface area contributed by atoms with Crippen molar-refractivity contribution in [2.75, 3.05) is 11.9 Å². The Morgan fingerprint density at radius 1 is 1.44 bits per heavy atom. The van der Waals surface area contributed by atoms with Crippen LogP contribution in [-0.2, 0) is 4.79 Å². The summed E-state index contributed by atoms with van der Waals surface area (Å²) < 4.78 is 13.3. The number of carbonyl (C=O) groups is 1. The molecule has 0 aromatic heterocycles. The van der Waals surface area contributed by atoms with Crippen molar-refractivity contribution >= 4 is 11.6 Å². The lowest BCUT2D eigenvalue weighted by atomic mass is 10.0. The van der Waals surface area contributed by atoms with Crippen molar-refractivity contribution in [2.24, 2.45) is 11.7 Å². The summed E-state index contributed by atoms with van der Waals surface area (Å²) in [6, 6.07) is 4.68. The summed E-state index contributed by atoms with van der Waals surface area (Å²) in [5, 5.41) is 2.74. The Morgan fingerprint density at radius 2 is 2.17 bits per heavy atom. The predicted octanol–water partition coefficient (Wildman–Crippen LogP) is 2.84. The molecule has 0 bridgehead atoms. The minimum Gasteiger partial charge on any atom is -0.330 e. The van der Waals surface area contributed by atoms with Gasteiger partial charge >= 0.3 is 0 Å². The summed E-state index contributed by atoms with van der Waals surface area (Å²) in [5.74, 6) is 0.0613. The monoisotopic (exact) mass is 252 g/mol. The van der Waals surface area contributed by atoms with Gasteiger partial charge in [-0.15, -0.1) is 0 Å². The van der Waals surface area contributed by atoms with Crippen LogP contribution in [0, 0.1) is 18.7 Å². The Balaban J connectivity index is 2.47. The van der Waals surface area contributed by atoms with Crippen molar-refractivity contribution in [1.29, 1.82) is 0 Å². The standard InChI is InChI=1S/C14H21FN2O/c1-10(8-9-16)6-7-14(18)17-13-5-3-4-12(15)11(13)2/h3-5,10H,6-9,16H2,1-2H3,(H,17,18). The zero-order valence-corrected chi connectivity index (χ0v) is 11.0. The Kier molecular flexibility index (Phi) is 5.78. The molecule has 0 saturated carbocycles. The largest absolute Gasteiger partial charge is 0.330 e. The summed E-state index contributed by atoms with van der Waals surface area (Å²) >= 11 is 0. The van der Waals surface area contributed by atoms with E-state index in [1.54, 1.807) is 19.1 Å². The van der Waals surface area contributed by atoms with Gasteiger partial charge in [0, 0.05) is 17.7 Å². The fourth-order valence-corrected chi connectivity index (χ4v) is 1.76. The van der Waals surface area contributed by atoms with Crippen LogP contribution in [0.15, 0.2) is 18.2 Å². The smallest absolute Gasteiger partial charge is 0.224 e. The van der Waals surface area contributed by atoms with Gasteiger partial charge in [0.2, 0.25) is 5.91 Å². The molecule has 3 nitrogen and oxygen atoms in total. The fourth-order valence-electron chi connectivity index (χ4n) is 1.76. The van der Waals surface area contributed by atoms with Crippen molar-refractivity contribution in [3.8, 4) is 0 Å². The van der Waals surface area contributed by atoms with Gasteiger partial charge in [-0.3, -0.25) is 4.79 Å². The maximum Gasteiger partial charge on any atom is 0.224 e. The van der Waals surface area contributed by atoms with Gasteiger partial charge in [-0.1, -0.05) is 13.0 Å². The number of hydrogen-bond acceptors (Lipinski definition) is 2. The quantitative estimate of drug-likeness (QED) is 0.818. The predicted molar refractivity (Wildman–Crippen MR) is 71.8 cm³/mol. The maximum absolute atomic E-state index is 13.3. The first-order chi connectivity index (χ1) is 8.54. The number of nitrogens with two attached hydrogens (primary N) is 1. The van der Waals surface area contributed by atoms with Gasteiger partial charge in [0.15, 0.2) is 0 Å². The summed E-state index contributed by atoms with van der Waals surface area (Å²) in [4.78, 5) is 11.7. The average molecular weight is 252 g/mol. The van der Waals surface area contributed by atoms with Crippen molar-refractivity contribution < 1.29 is 9.18 Å². The molecule has 1 atom stereocenters. The summed E-state index contributed by atoms with van der Waals surface area (Å²) in [6.07, 6.45) is 2.17. The second-order valence-electron chi connectivity index (χ2n) is 4.68. The van der Waals surface area contributed by atoms with Crippen molar-refractivity contribution in [2.45, 2.75) is 33.1 Å². The van der Waals surface area contributed by atoms with E-state index in [1.807, 2.05) is 0 Å². The normalized spacial score (nSPS) is 12.2. The molecule has 0 radical (unpaired) electrons. The maximum atomic E-state index is 13.3. The van der Waals surface area contributed by atoms with Gasteiger partial charge in [-0.2, -0.15) is 0 Å². The Labute approximate surface area is 108 Å². The molecule has 0 heterocycles. The molecule has 0 aliphatic carbocycles. The van der Waals surface area contributed by atoms with Crippen LogP contribution in [0.4, 0.5) is 10.1 Å². The highest BCUT2D eigenvalue weighted by Gasteiger charge is 2.09. The molecule has 18 heavy (non-hydrogen) atoms. The first kappa shape index (κ1) is 14.6. The Bertz CT molecular complexity index is 407. The van der Waals surface area contributed by atoms with Gasteiger partial charge < -0.3 is 11.1 Å². The lowest BCUT2D eigenvalue weighted by Gasteiger charge is -2.11. The SMILES string of the molecule is Cc1c(F)cccc1NC(=O)CCC(C)CCN. The van der Waals surface area contributed by atoms with Crippen LogP contribution in [0.1, 0.15) is 31.7 Å². The minimum absolute atomic E-state index is 0.0763. The highest BCUT2D eigenvalue weighted by Crippen LogP contribution is 2.18. The molecule has 3 N–H and O–H groups in total. The number of anilines is 1. The molecule has 1 unspecified atom stereocenters. The van der Waals surface area contributed by atoms with E-state index >= 15 is 0 Å². The molecule has 0 fully saturated rings. The van der Waals surface area contributed by atoms with Crippen LogP contribution in [0.2, 0.25) is 0 Å². The van der Waals surface area contributed by atoms with E-state index in [-0.39, 0.29) is 11.7 Å². The number of amides is 1.